The Bertz CT molecular complexity index is 1110. The standard InChI is InChI=1S/C19H18N6O/c1-11-8-15(5-7-18(11)25-10-20-23-24-25)22-19(26)14-4-6-17-16(9-14)12(2)13(3)21-17/h4-10,21H,1-3H3,(H,22,26). The van der Waals surface area contributed by atoms with E-state index >= 15 is 0 Å². The Hall–Kier alpha value is -3.48. The molecule has 4 rings (SSSR count). The maximum absolute atomic E-state index is 12.6. The van der Waals surface area contributed by atoms with Gasteiger partial charge in [-0.05, 0) is 78.7 Å². The summed E-state index contributed by atoms with van der Waals surface area (Å²) in [6.45, 7) is 6.03. The number of nitrogens with one attached hydrogen (secondary N) is 2. The fourth-order valence-electron chi connectivity index (χ4n) is 3.07. The third kappa shape index (κ3) is 2.73. The molecule has 2 aromatic heterocycles. The molecule has 7 nitrogen and oxygen atoms in total. The van der Waals surface area contributed by atoms with Gasteiger partial charge in [0.1, 0.15) is 6.33 Å². The SMILES string of the molecule is Cc1cc(NC(=O)c2ccc3[nH]c(C)c(C)c3c2)ccc1-n1cnnn1. The van der Waals surface area contributed by atoms with Crippen molar-refractivity contribution in [1.29, 1.82) is 0 Å². The van der Waals surface area contributed by atoms with Crippen molar-refractivity contribution in [2.75, 3.05) is 5.32 Å². The number of anilines is 1. The van der Waals surface area contributed by atoms with Gasteiger partial charge >= 0.3 is 0 Å². The highest BCUT2D eigenvalue weighted by atomic mass is 16.1. The highest BCUT2D eigenvalue weighted by Crippen LogP contribution is 2.23. The molecule has 0 saturated carbocycles. The molecular formula is C19H18N6O. The van der Waals surface area contributed by atoms with Crippen molar-refractivity contribution < 1.29 is 4.79 Å². The van der Waals surface area contributed by atoms with Crippen molar-refractivity contribution in [2.24, 2.45) is 0 Å². The Labute approximate surface area is 150 Å². The van der Waals surface area contributed by atoms with Gasteiger partial charge in [-0.15, -0.1) is 5.10 Å². The number of tetrazole rings is 1. The number of hydrogen-bond donors (Lipinski definition) is 2. The van der Waals surface area contributed by atoms with E-state index < -0.39 is 0 Å². The summed E-state index contributed by atoms with van der Waals surface area (Å²) in [5, 5.41) is 15.2. The zero-order valence-corrected chi connectivity index (χ0v) is 14.7. The Morgan fingerprint density at radius 1 is 1.12 bits per heavy atom. The Morgan fingerprint density at radius 3 is 2.69 bits per heavy atom. The molecule has 0 radical (unpaired) electrons. The number of benzene rings is 2. The number of fused-ring (bicyclic) bond motifs is 1. The molecule has 130 valence electrons. The van der Waals surface area contributed by atoms with E-state index in [-0.39, 0.29) is 5.91 Å². The monoisotopic (exact) mass is 346 g/mol. The fraction of sp³-hybridized carbons (Fsp3) is 0.158. The number of amides is 1. The van der Waals surface area contributed by atoms with Crippen LogP contribution in [-0.2, 0) is 0 Å². The molecule has 2 heterocycles. The molecule has 0 aliphatic heterocycles. The first-order valence-corrected chi connectivity index (χ1v) is 8.27. The minimum absolute atomic E-state index is 0.139. The maximum atomic E-state index is 12.6. The first kappa shape index (κ1) is 16.0. The molecule has 0 saturated heterocycles. The van der Waals surface area contributed by atoms with Gasteiger partial charge < -0.3 is 10.3 Å². The number of aromatic amines is 1. The van der Waals surface area contributed by atoms with Crippen LogP contribution in [0.5, 0.6) is 0 Å². The lowest BCUT2D eigenvalue weighted by Crippen LogP contribution is -2.12. The van der Waals surface area contributed by atoms with E-state index in [9.17, 15) is 4.79 Å². The Kier molecular flexibility index (Phi) is 3.76. The second kappa shape index (κ2) is 6.11. The van der Waals surface area contributed by atoms with Crippen molar-refractivity contribution in [3.8, 4) is 5.69 Å². The van der Waals surface area contributed by atoms with Crippen LogP contribution in [0.15, 0.2) is 42.7 Å². The van der Waals surface area contributed by atoms with E-state index in [2.05, 4.69) is 32.7 Å². The lowest BCUT2D eigenvalue weighted by Gasteiger charge is -2.09. The topological polar surface area (TPSA) is 88.5 Å². The van der Waals surface area contributed by atoms with Gasteiger partial charge in [0.2, 0.25) is 0 Å². The van der Waals surface area contributed by atoms with Crippen LogP contribution >= 0.6 is 0 Å². The van der Waals surface area contributed by atoms with Gasteiger partial charge in [-0.1, -0.05) is 0 Å². The number of aromatic nitrogens is 5. The van der Waals surface area contributed by atoms with Gasteiger partial charge in [0, 0.05) is 27.8 Å². The van der Waals surface area contributed by atoms with E-state index in [1.807, 2.05) is 50.2 Å². The van der Waals surface area contributed by atoms with E-state index in [1.54, 1.807) is 4.68 Å². The van der Waals surface area contributed by atoms with E-state index in [0.717, 1.165) is 39.1 Å². The summed E-state index contributed by atoms with van der Waals surface area (Å²) >= 11 is 0. The van der Waals surface area contributed by atoms with Crippen LogP contribution in [0.2, 0.25) is 0 Å². The number of carbonyl (C=O) groups is 1. The molecule has 0 fully saturated rings. The minimum Gasteiger partial charge on any atom is -0.358 e. The van der Waals surface area contributed by atoms with Crippen molar-refractivity contribution in [2.45, 2.75) is 20.8 Å². The van der Waals surface area contributed by atoms with Crippen molar-refractivity contribution in [1.82, 2.24) is 25.2 Å². The zero-order valence-electron chi connectivity index (χ0n) is 14.7. The molecule has 1 amide bonds. The van der Waals surface area contributed by atoms with Gasteiger partial charge in [0.05, 0.1) is 5.69 Å². The van der Waals surface area contributed by atoms with Crippen LogP contribution in [-0.4, -0.2) is 31.1 Å². The largest absolute Gasteiger partial charge is 0.358 e. The first-order valence-electron chi connectivity index (χ1n) is 8.27. The van der Waals surface area contributed by atoms with E-state index in [4.69, 9.17) is 0 Å². The number of rotatable bonds is 3. The van der Waals surface area contributed by atoms with Crippen molar-refractivity contribution in [3.05, 3.63) is 65.1 Å². The van der Waals surface area contributed by atoms with Crippen LogP contribution < -0.4 is 5.32 Å². The second-order valence-corrected chi connectivity index (χ2v) is 6.35. The average molecular weight is 346 g/mol. The number of carbonyl (C=O) groups excluding carboxylic acids is 1. The Morgan fingerprint density at radius 2 is 1.96 bits per heavy atom. The van der Waals surface area contributed by atoms with Crippen LogP contribution in [0.3, 0.4) is 0 Å². The molecule has 4 aromatic rings. The summed E-state index contributed by atoms with van der Waals surface area (Å²) in [4.78, 5) is 16.0. The summed E-state index contributed by atoms with van der Waals surface area (Å²) in [6, 6.07) is 11.3. The quantitative estimate of drug-likeness (QED) is 0.595. The maximum Gasteiger partial charge on any atom is 0.255 e. The molecule has 26 heavy (non-hydrogen) atoms. The molecule has 0 spiro atoms. The predicted octanol–water partition coefficient (Wildman–Crippen LogP) is 3.32. The molecule has 0 bridgehead atoms. The third-order valence-corrected chi connectivity index (χ3v) is 4.62. The van der Waals surface area contributed by atoms with Crippen LogP contribution in [0.25, 0.3) is 16.6 Å². The van der Waals surface area contributed by atoms with Crippen LogP contribution in [0.1, 0.15) is 27.2 Å². The summed E-state index contributed by atoms with van der Waals surface area (Å²) in [5.74, 6) is -0.139. The van der Waals surface area contributed by atoms with Gasteiger partial charge in [0.15, 0.2) is 0 Å². The first-order chi connectivity index (χ1) is 12.5. The number of aryl methyl sites for hydroxylation is 3. The molecule has 2 aromatic carbocycles. The molecule has 7 heteroatoms. The molecule has 0 atom stereocenters. The smallest absolute Gasteiger partial charge is 0.255 e. The second-order valence-electron chi connectivity index (χ2n) is 6.35. The van der Waals surface area contributed by atoms with Crippen LogP contribution in [0.4, 0.5) is 5.69 Å². The number of H-pyrrole nitrogens is 1. The lowest BCUT2D eigenvalue weighted by molar-refractivity contribution is 0.102. The molecule has 0 unspecified atom stereocenters. The summed E-state index contributed by atoms with van der Waals surface area (Å²) in [5.41, 5.74) is 6.50. The third-order valence-electron chi connectivity index (χ3n) is 4.62. The summed E-state index contributed by atoms with van der Waals surface area (Å²) in [7, 11) is 0. The number of hydrogen-bond acceptors (Lipinski definition) is 4. The lowest BCUT2D eigenvalue weighted by atomic mass is 10.1. The minimum atomic E-state index is -0.139. The molecule has 2 N–H and O–H groups in total. The highest BCUT2D eigenvalue weighted by molar-refractivity contribution is 6.06. The average Bonchev–Trinajstić information content (AvgIpc) is 3.24. The highest BCUT2D eigenvalue weighted by Gasteiger charge is 2.11. The van der Waals surface area contributed by atoms with Crippen molar-refractivity contribution >= 4 is 22.5 Å². The summed E-state index contributed by atoms with van der Waals surface area (Å²) < 4.78 is 1.59. The summed E-state index contributed by atoms with van der Waals surface area (Å²) in [6.07, 6.45) is 1.54. The van der Waals surface area contributed by atoms with Crippen molar-refractivity contribution in [3.63, 3.8) is 0 Å². The number of nitrogens with zero attached hydrogens (tertiary/aromatic N) is 4. The fourth-order valence-corrected chi connectivity index (χ4v) is 3.07. The van der Waals surface area contributed by atoms with Crippen LogP contribution in [0, 0.1) is 20.8 Å². The van der Waals surface area contributed by atoms with Gasteiger partial charge in [-0.2, -0.15) is 0 Å². The molecule has 0 aliphatic carbocycles. The molecule has 0 aliphatic rings. The predicted molar refractivity (Wildman–Crippen MR) is 99.6 cm³/mol. The van der Waals surface area contributed by atoms with Gasteiger partial charge in [-0.25, -0.2) is 4.68 Å². The Balaban J connectivity index is 1.60. The molecular weight excluding hydrogens is 328 g/mol. The zero-order chi connectivity index (χ0) is 18.3. The van der Waals surface area contributed by atoms with E-state index in [1.165, 1.54) is 6.33 Å². The van der Waals surface area contributed by atoms with Gasteiger partial charge in [0.25, 0.3) is 5.91 Å². The van der Waals surface area contributed by atoms with E-state index in [0.29, 0.717) is 5.56 Å². The normalized spacial score (nSPS) is 11.0. The van der Waals surface area contributed by atoms with Gasteiger partial charge in [-0.3, -0.25) is 4.79 Å².